The zero-order valence-electron chi connectivity index (χ0n) is 16.0. The van der Waals surface area contributed by atoms with Crippen LogP contribution in [0.5, 0.6) is 0 Å². The molecule has 0 radical (unpaired) electrons. The number of hydrogen-bond acceptors (Lipinski definition) is 6. The maximum Gasteiger partial charge on any atom is 0.354 e. The molecule has 0 saturated carbocycles. The standard InChI is InChI=1S/C21H24FN3O4/c22-20-14(13-26)2-1-3-19(20)25-11-17(12-25)29-16-6-8-24(9-7-16)15-4-5-18(21(27)28)23-10-15/h1-5,10,16-17,26H,6-9,11-13H2,(H,27,28). The van der Waals surface area contributed by atoms with E-state index in [1.807, 2.05) is 4.90 Å². The zero-order chi connectivity index (χ0) is 20.4. The van der Waals surface area contributed by atoms with E-state index in [1.54, 1.807) is 30.5 Å². The molecule has 2 fully saturated rings. The van der Waals surface area contributed by atoms with Crippen molar-refractivity contribution in [2.24, 2.45) is 0 Å². The third-order valence-electron chi connectivity index (χ3n) is 5.58. The summed E-state index contributed by atoms with van der Waals surface area (Å²) in [6.45, 7) is 2.63. The molecule has 1 aromatic carbocycles. The predicted molar refractivity (Wildman–Crippen MR) is 106 cm³/mol. The number of aliphatic hydroxyl groups is 1. The van der Waals surface area contributed by atoms with Crippen LogP contribution in [0.25, 0.3) is 0 Å². The maximum atomic E-state index is 14.3. The van der Waals surface area contributed by atoms with Crippen molar-refractivity contribution in [3.8, 4) is 0 Å². The molecule has 0 bridgehead atoms. The van der Waals surface area contributed by atoms with Crippen molar-refractivity contribution in [3.05, 3.63) is 53.6 Å². The number of carbonyl (C=O) groups is 1. The number of carboxylic acids is 1. The molecule has 2 aromatic rings. The van der Waals surface area contributed by atoms with Gasteiger partial charge in [-0.3, -0.25) is 0 Å². The second-order valence-corrected chi connectivity index (χ2v) is 7.46. The highest BCUT2D eigenvalue weighted by Gasteiger charge is 2.33. The Labute approximate surface area is 168 Å². The Morgan fingerprint density at radius 1 is 1.14 bits per heavy atom. The van der Waals surface area contributed by atoms with Gasteiger partial charge in [0, 0.05) is 31.7 Å². The Kier molecular flexibility index (Phi) is 5.64. The number of aliphatic hydroxyl groups excluding tert-OH is 1. The highest BCUT2D eigenvalue weighted by molar-refractivity contribution is 5.85. The summed E-state index contributed by atoms with van der Waals surface area (Å²) in [6.07, 6.45) is 3.61. The third kappa shape index (κ3) is 4.18. The lowest BCUT2D eigenvalue weighted by molar-refractivity contribution is -0.0360. The quantitative estimate of drug-likeness (QED) is 0.768. The van der Waals surface area contributed by atoms with Crippen molar-refractivity contribution in [3.63, 3.8) is 0 Å². The second-order valence-electron chi connectivity index (χ2n) is 7.46. The zero-order valence-corrected chi connectivity index (χ0v) is 16.0. The fraction of sp³-hybridized carbons (Fsp3) is 0.429. The van der Waals surface area contributed by atoms with Gasteiger partial charge in [0.1, 0.15) is 5.69 Å². The molecule has 2 saturated heterocycles. The topological polar surface area (TPSA) is 86.1 Å². The molecule has 154 valence electrons. The minimum atomic E-state index is -1.03. The van der Waals surface area contributed by atoms with E-state index in [4.69, 9.17) is 9.84 Å². The second kappa shape index (κ2) is 8.34. The number of aromatic nitrogens is 1. The Morgan fingerprint density at radius 2 is 1.90 bits per heavy atom. The number of aromatic carboxylic acids is 1. The first kappa shape index (κ1) is 19.6. The maximum absolute atomic E-state index is 14.3. The van der Waals surface area contributed by atoms with Crippen LogP contribution < -0.4 is 9.80 Å². The average Bonchev–Trinajstić information content (AvgIpc) is 2.71. The molecule has 2 N–H and O–H groups in total. The van der Waals surface area contributed by atoms with Crippen LogP contribution >= 0.6 is 0 Å². The van der Waals surface area contributed by atoms with Crippen LogP contribution in [0.1, 0.15) is 28.9 Å². The first-order chi connectivity index (χ1) is 14.0. The highest BCUT2D eigenvalue weighted by atomic mass is 19.1. The van der Waals surface area contributed by atoms with Gasteiger partial charge < -0.3 is 24.7 Å². The fourth-order valence-corrected chi connectivity index (χ4v) is 3.88. The number of rotatable bonds is 6. The molecule has 0 unspecified atom stereocenters. The number of pyridine rings is 1. The Morgan fingerprint density at radius 3 is 2.52 bits per heavy atom. The summed E-state index contributed by atoms with van der Waals surface area (Å²) in [5, 5.41) is 18.1. The van der Waals surface area contributed by atoms with Gasteiger partial charge in [0.15, 0.2) is 5.82 Å². The first-order valence-corrected chi connectivity index (χ1v) is 9.78. The van der Waals surface area contributed by atoms with E-state index in [2.05, 4.69) is 9.88 Å². The van der Waals surface area contributed by atoms with Crippen LogP contribution in [0.15, 0.2) is 36.5 Å². The number of nitrogens with zero attached hydrogens (tertiary/aromatic N) is 3. The summed E-state index contributed by atoms with van der Waals surface area (Å²) in [5.74, 6) is -1.38. The molecule has 0 aliphatic carbocycles. The largest absolute Gasteiger partial charge is 0.477 e. The van der Waals surface area contributed by atoms with E-state index < -0.39 is 5.97 Å². The van der Waals surface area contributed by atoms with Crippen molar-refractivity contribution in [2.75, 3.05) is 36.0 Å². The van der Waals surface area contributed by atoms with Crippen LogP contribution in [0, 0.1) is 5.82 Å². The molecule has 4 rings (SSSR count). The molecule has 2 aliphatic heterocycles. The third-order valence-corrected chi connectivity index (χ3v) is 5.58. The van der Waals surface area contributed by atoms with E-state index in [9.17, 15) is 14.3 Å². The summed E-state index contributed by atoms with van der Waals surface area (Å²) in [7, 11) is 0. The summed E-state index contributed by atoms with van der Waals surface area (Å²) in [5.41, 5.74) is 1.79. The molecule has 0 atom stereocenters. The van der Waals surface area contributed by atoms with Gasteiger partial charge in [0.2, 0.25) is 0 Å². The van der Waals surface area contributed by atoms with E-state index in [1.165, 1.54) is 6.07 Å². The first-order valence-electron chi connectivity index (χ1n) is 9.78. The van der Waals surface area contributed by atoms with Gasteiger partial charge in [-0.25, -0.2) is 14.2 Å². The van der Waals surface area contributed by atoms with E-state index in [0.717, 1.165) is 31.6 Å². The Balaban J connectivity index is 1.25. The van der Waals surface area contributed by atoms with Crippen molar-refractivity contribution in [1.82, 2.24) is 4.98 Å². The normalized spacial score (nSPS) is 18.0. The monoisotopic (exact) mass is 401 g/mol. The minimum Gasteiger partial charge on any atom is -0.477 e. The molecule has 1 aromatic heterocycles. The smallest absolute Gasteiger partial charge is 0.354 e. The van der Waals surface area contributed by atoms with E-state index in [0.29, 0.717) is 24.3 Å². The highest BCUT2D eigenvalue weighted by Crippen LogP contribution is 2.29. The molecule has 7 nitrogen and oxygen atoms in total. The Bertz CT molecular complexity index is 863. The molecule has 8 heteroatoms. The number of ether oxygens (including phenoxy) is 1. The number of anilines is 2. The van der Waals surface area contributed by atoms with Crippen molar-refractivity contribution >= 4 is 17.3 Å². The number of carboxylic acid groups (broad SMARTS) is 1. The van der Waals surface area contributed by atoms with Gasteiger partial charge in [0.25, 0.3) is 0 Å². The fourth-order valence-electron chi connectivity index (χ4n) is 3.88. The summed E-state index contributed by atoms with van der Waals surface area (Å²) < 4.78 is 20.5. The molecule has 0 spiro atoms. The molecular formula is C21H24FN3O4. The van der Waals surface area contributed by atoms with Gasteiger partial charge in [-0.2, -0.15) is 0 Å². The molecule has 3 heterocycles. The molecule has 2 aliphatic rings. The lowest BCUT2D eigenvalue weighted by Gasteiger charge is -2.44. The summed E-state index contributed by atoms with van der Waals surface area (Å²) >= 11 is 0. The summed E-state index contributed by atoms with van der Waals surface area (Å²) in [6, 6.07) is 8.38. The number of hydrogen-bond donors (Lipinski definition) is 2. The van der Waals surface area contributed by atoms with Crippen LogP contribution in [0.3, 0.4) is 0 Å². The van der Waals surface area contributed by atoms with Crippen LogP contribution in [0.2, 0.25) is 0 Å². The summed E-state index contributed by atoms with van der Waals surface area (Å²) in [4.78, 5) is 19.0. The van der Waals surface area contributed by atoms with E-state index >= 15 is 0 Å². The van der Waals surface area contributed by atoms with Gasteiger partial charge in [-0.05, 0) is 31.0 Å². The Hall–Kier alpha value is -2.71. The SMILES string of the molecule is O=C(O)c1ccc(N2CCC(OC3CN(c4cccc(CO)c4F)C3)CC2)cn1. The van der Waals surface area contributed by atoms with Crippen LogP contribution in [-0.2, 0) is 11.3 Å². The molecule has 29 heavy (non-hydrogen) atoms. The van der Waals surface area contributed by atoms with Crippen LogP contribution in [-0.4, -0.2) is 59.6 Å². The van der Waals surface area contributed by atoms with Gasteiger partial charge >= 0.3 is 5.97 Å². The van der Waals surface area contributed by atoms with Gasteiger partial charge in [-0.1, -0.05) is 12.1 Å². The van der Waals surface area contributed by atoms with Crippen molar-refractivity contribution in [1.29, 1.82) is 0 Å². The van der Waals surface area contributed by atoms with Crippen molar-refractivity contribution in [2.45, 2.75) is 31.7 Å². The van der Waals surface area contributed by atoms with E-state index in [-0.39, 0.29) is 30.3 Å². The number of piperidine rings is 1. The lowest BCUT2D eigenvalue weighted by atomic mass is 10.0. The molecular weight excluding hydrogens is 377 g/mol. The number of halogens is 1. The lowest BCUT2D eigenvalue weighted by Crippen LogP contribution is -2.54. The van der Waals surface area contributed by atoms with Crippen LogP contribution in [0.4, 0.5) is 15.8 Å². The number of benzene rings is 1. The minimum absolute atomic E-state index is 0.0440. The van der Waals surface area contributed by atoms with Crippen molar-refractivity contribution < 1.29 is 24.1 Å². The average molecular weight is 401 g/mol. The molecule has 0 amide bonds. The van der Waals surface area contributed by atoms with Gasteiger partial charge in [-0.15, -0.1) is 0 Å². The van der Waals surface area contributed by atoms with Gasteiger partial charge in [0.05, 0.1) is 36.4 Å². The predicted octanol–water partition coefficient (Wildman–Crippen LogP) is 2.29.